The van der Waals surface area contributed by atoms with Crippen molar-refractivity contribution in [2.75, 3.05) is 26.4 Å². The maximum Gasteiger partial charge on any atom is 0.472 e. The molecule has 0 heterocycles. The number of nitrogens with two attached hydrogens (primary N) is 1. The van der Waals surface area contributed by atoms with Crippen molar-refractivity contribution < 1.29 is 37.6 Å². The summed E-state index contributed by atoms with van der Waals surface area (Å²) in [5, 5.41) is 0. The lowest BCUT2D eigenvalue weighted by atomic mass is 10.0. The first kappa shape index (κ1) is 53.2. The Hall–Kier alpha value is -1.77. The molecule has 10 heteroatoms. The van der Waals surface area contributed by atoms with E-state index in [1.807, 2.05) is 0 Å². The van der Waals surface area contributed by atoms with Crippen LogP contribution in [-0.4, -0.2) is 49.3 Å². The average Bonchev–Trinajstić information content (AvgIpc) is 3.17. The van der Waals surface area contributed by atoms with E-state index in [-0.39, 0.29) is 32.6 Å². The van der Waals surface area contributed by atoms with Gasteiger partial charge in [0.25, 0.3) is 0 Å². The van der Waals surface area contributed by atoms with Crippen molar-refractivity contribution in [3.8, 4) is 0 Å². The lowest BCUT2D eigenvalue weighted by Crippen LogP contribution is -2.29. The van der Waals surface area contributed by atoms with Crippen LogP contribution >= 0.6 is 7.82 Å². The van der Waals surface area contributed by atoms with Crippen LogP contribution in [0, 0.1) is 0 Å². The second-order valence-corrected chi connectivity index (χ2v) is 16.3. The van der Waals surface area contributed by atoms with E-state index >= 15 is 0 Å². The number of unbranched alkanes of at least 4 members (excludes halogenated alkanes) is 23. The van der Waals surface area contributed by atoms with Crippen LogP contribution in [0.15, 0.2) is 36.5 Å². The maximum absolute atomic E-state index is 12.6. The van der Waals surface area contributed by atoms with Crippen molar-refractivity contribution in [1.29, 1.82) is 0 Å². The van der Waals surface area contributed by atoms with Crippen LogP contribution in [0.5, 0.6) is 0 Å². The molecular formula is C45H84NO8P. The van der Waals surface area contributed by atoms with Crippen LogP contribution in [0.2, 0.25) is 0 Å². The Morgan fingerprint density at radius 3 is 1.49 bits per heavy atom. The van der Waals surface area contributed by atoms with Crippen molar-refractivity contribution in [2.45, 2.75) is 213 Å². The average molecular weight is 798 g/mol. The van der Waals surface area contributed by atoms with Gasteiger partial charge < -0.3 is 20.1 Å². The number of allylic oxidation sites excluding steroid dienone is 6. The van der Waals surface area contributed by atoms with Gasteiger partial charge in [-0.2, -0.15) is 0 Å². The standard InChI is InChI=1S/C45H84NO8P/c1-3-5-7-9-11-13-15-17-19-20-21-22-24-26-28-30-32-34-36-38-45(48)54-43(42-53-55(49,50)52-40-39-46)41-51-44(47)37-35-33-31-29-27-25-23-18-16-14-12-10-8-6-4-2/h6,8,12,14,18,23,43H,3-5,7,9-11,13,15-17,19-22,24-42,46H2,1-2H3,(H,49,50)/b8-6+,14-12+,23-18+/t43-/m1/s1. The Kier molecular flexibility index (Phi) is 40.5. The van der Waals surface area contributed by atoms with E-state index in [0.717, 1.165) is 64.2 Å². The molecule has 322 valence electrons. The van der Waals surface area contributed by atoms with Crippen molar-refractivity contribution >= 4 is 19.8 Å². The molecule has 0 fully saturated rings. The number of rotatable bonds is 42. The molecule has 0 aliphatic rings. The Morgan fingerprint density at radius 1 is 0.564 bits per heavy atom. The largest absolute Gasteiger partial charge is 0.472 e. The summed E-state index contributed by atoms with van der Waals surface area (Å²) in [6.45, 7) is 3.62. The number of ether oxygens (including phenoxy) is 2. The molecule has 0 aromatic rings. The second-order valence-electron chi connectivity index (χ2n) is 14.9. The Labute approximate surface area is 337 Å². The summed E-state index contributed by atoms with van der Waals surface area (Å²) < 4.78 is 32.8. The Bertz CT molecular complexity index is 1000. The van der Waals surface area contributed by atoms with E-state index in [1.165, 1.54) is 103 Å². The fraction of sp³-hybridized carbons (Fsp3) is 0.822. The molecule has 0 amide bonds. The molecule has 9 nitrogen and oxygen atoms in total. The third-order valence-electron chi connectivity index (χ3n) is 9.54. The molecule has 0 aromatic carbocycles. The first-order valence-electron chi connectivity index (χ1n) is 22.5. The van der Waals surface area contributed by atoms with Gasteiger partial charge in [-0.15, -0.1) is 0 Å². The van der Waals surface area contributed by atoms with Crippen LogP contribution in [0.25, 0.3) is 0 Å². The minimum Gasteiger partial charge on any atom is -0.462 e. The van der Waals surface area contributed by atoms with E-state index in [1.54, 1.807) is 0 Å². The molecule has 0 aliphatic heterocycles. The second kappa shape index (κ2) is 41.9. The fourth-order valence-corrected chi connectivity index (χ4v) is 7.00. The molecule has 3 N–H and O–H groups in total. The number of hydrogen-bond acceptors (Lipinski definition) is 8. The highest BCUT2D eigenvalue weighted by atomic mass is 31.2. The smallest absolute Gasteiger partial charge is 0.462 e. The normalized spacial score (nSPS) is 13.6. The first-order valence-corrected chi connectivity index (χ1v) is 24.0. The molecule has 55 heavy (non-hydrogen) atoms. The summed E-state index contributed by atoms with van der Waals surface area (Å²) in [6, 6.07) is 0. The van der Waals surface area contributed by atoms with Crippen LogP contribution in [0.1, 0.15) is 206 Å². The van der Waals surface area contributed by atoms with Crippen LogP contribution in [0.4, 0.5) is 0 Å². The molecule has 0 aliphatic carbocycles. The molecule has 0 bridgehead atoms. The van der Waals surface area contributed by atoms with Crippen LogP contribution < -0.4 is 5.73 Å². The molecule has 0 rings (SSSR count). The zero-order valence-electron chi connectivity index (χ0n) is 35.4. The van der Waals surface area contributed by atoms with E-state index in [2.05, 4.69) is 50.3 Å². The lowest BCUT2D eigenvalue weighted by molar-refractivity contribution is -0.161. The van der Waals surface area contributed by atoms with Gasteiger partial charge in [0, 0.05) is 19.4 Å². The first-order chi connectivity index (χ1) is 26.8. The molecule has 0 saturated carbocycles. The molecular weight excluding hydrogens is 713 g/mol. The van der Waals surface area contributed by atoms with E-state index in [9.17, 15) is 19.0 Å². The zero-order valence-corrected chi connectivity index (χ0v) is 36.3. The van der Waals surface area contributed by atoms with Gasteiger partial charge in [0.05, 0.1) is 13.2 Å². The quantitative estimate of drug-likeness (QED) is 0.0268. The molecule has 0 aromatic heterocycles. The minimum absolute atomic E-state index is 0.0515. The number of phosphoric acid groups is 1. The number of carbonyl (C=O) groups is 2. The fourth-order valence-electron chi connectivity index (χ4n) is 6.24. The Morgan fingerprint density at radius 2 is 1.00 bits per heavy atom. The molecule has 0 spiro atoms. The van der Waals surface area contributed by atoms with Crippen molar-refractivity contribution in [2.24, 2.45) is 5.73 Å². The highest BCUT2D eigenvalue weighted by Gasteiger charge is 2.26. The monoisotopic (exact) mass is 798 g/mol. The summed E-state index contributed by atoms with van der Waals surface area (Å²) in [6.07, 6.45) is 46.0. The number of phosphoric ester groups is 1. The van der Waals surface area contributed by atoms with Gasteiger partial charge in [-0.3, -0.25) is 18.6 Å². The summed E-state index contributed by atoms with van der Waals surface area (Å²) in [4.78, 5) is 34.9. The lowest BCUT2D eigenvalue weighted by Gasteiger charge is -2.19. The van der Waals surface area contributed by atoms with Gasteiger partial charge in [-0.05, 0) is 44.9 Å². The van der Waals surface area contributed by atoms with Gasteiger partial charge in [0.1, 0.15) is 6.61 Å². The molecule has 0 radical (unpaired) electrons. The van der Waals surface area contributed by atoms with Crippen molar-refractivity contribution in [1.82, 2.24) is 0 Å². The Balaban J connectivity index is 4.11. The zero-order chi connectivity index (χ0) is 40.3. The predicted molar refractivity (Wildman–Crippen MR) is 229 cm³/mol. The maximum atomic E-state index is 12.6. The van der Waals surface area contributed by atoms with Crippen molar-refractivity contribution in [3.05, 3.63) is 36.5 Å². The van der Waals surface area contributed by atoms with Gasteiger partial charge in [0.15, 0.2) is 6.10 Å². The highest BCUT2D eigenvalue weighted by molar-refractivity contribution is 7.47. The van der Waals surface area contributed by atoms with E-state index in [0.29, 0.717) is 12.8 Å². The third kappa shape index (κ3) is 41.7. The number of hydrogen-bond donors (Lipinski definition) is 2. The van der Waals surface area contributed by atoms with Gasteiger partial charge in [-0.25, -0.2) is 4.57 Å². The minimum atomic E-state index is -4.38. The van der Waals surface area contributed by atoms with Gasteiger partial charge in [-0.1, -0.05) is 185 Å². The molecule has 2 atom stereocenters. The van der Waals surface area contributed by atoms with E-state index in [4.69, 9.17) is 24.3 Å². The number of esters is 2. The van der Waals surface area contributed by atoms with E-state index < -0.39 is 32.5 Å². The summed E-state index contributed by atoms with van der Waals surface area (Å²) >= 11 is 0. The third-order valence-corrected chi connectivity index (χ3v) is 10.5. The van der Waals surface area contributed by atoms with Gasteiger partial charge in [0.2, 0.25) is 0 Å². The summed E-state index contributed by atoms with van der Waals surface area (Å²) in [5.74, 6) is -0.842. The summed E-state index contributed by atoms with van der Waals surface area (Å²) in [5.41, 5.74) is 5.35. The molecule has 1 unspecified atom stereocenters. The van der Waals surface area contributed by atoms with Gasteiger partial charge >= 0.3 is 19.8 Å². The summed E-state index contributed by atoms with van der Waals surface area (Å²) in [7, 11) is -4.38. The number of carbonyl (C=O) groups excluding carboxylic acids is 2. The SMILES string of the molecule is CC/C=C/C/C=C/C/C=C/CCCCCCCC(=O)OC[C@H](COP(=O)(O)OCCN)OC(=O)CCCCCCCCCCCCCCCCCCCCC. The molecule has 0 saturated heterocycles. The van der Waals surface area contributed by atoms with Crippen LogP contribution in [0.3, 0.4) is 0 Å². The topological polar surface area (TPSA) is 134 Å². The van der Waals surface area contributed by atoms with Crippen molar-refractivity contribution in [3.63, 3.8) is 0 Å². The van der Waals surface area contributed by atoms with Crippen LogP contribution in [-0.2, 0) is 32.7 Å². The highest BCUT2D eigenvalue weighted by Crippen LogP contribution is 2.43. The predicted octanol–water partition coefficient (Wildman–Crippen LogP) is 12.9.